The van der Waals surface area contributed by atoms with Crippen molar-refractivity contribution >= 4 is 32.4 Å². The van der Waals surface area contributed by atoms with Gasteiger partial charge in [0.05, 0.1) is 11.6 Å². The first-order valence-corrected chi connectivity index (χ1v) is 6.70. The minimum absolute atomic E-state index is 0.524. The number of nitrogens with two attached hydrogens (primary N) is 1. The summed E-state index contributed by atoms with van der Waals surface area (Å²) in [5, 5.41) is 9.28. The van der Waals surface area contributed by atoms with Crippen LogP contribution in [0.15, 0.2) is 22.7 Å². The lowest BCUT2D eigenvalue weighted by atomic mass is 10.1. The molecule has 0 radical (unpaired) electrons. The third kappa shape index (κ3) is 3.17. The number of nitrogen functional groups attached to an aromatic ring is 1. The fraction of sp³-hybridized carbons (Fsp3) is 0.273. The minimum Gasteiger partial charge on any atom is -0.496 e. The van der Waals surface area contributed by atoms with Crippen LogP contribution in [0.3, 0.4) is 0 Å². The standard InChI is InChI=1S/C11H12BrN3OS/c1-16-9-4-2-7(6-8(9)12)3-5-10-14-15-11(13)17-10/h2,4,6H,3,5H2,1H3,(H2,13,15). The van der Waals surface area contributed by atoms with Crippen LogP contribution in [0.2, 0.25) is 0 Å². The van der Waals surface area contributed by atoms with Gasteiger partial charge >= 0.3 is 0 Å². The monoisotopic (exact) mass is 313 g/mol. The average Bonchev–Trinajstić information content (AvgIpc) is 2.73. The molecular weight excluding hydrogens is 302 g/mol. The van der Waals surface area contributed by atoms with Crippen LogP contribution in [-0.4, -0.2) is 17.3 Å². The predicted octanol–water partition coefficient (Wildman–Crippen LogP) is 2.68. The molecule has 2 rings (SSSR count). The van der Waals surface area contributed by atoms with Crippen LogP contribution >= 0.6 is 27.3 Å². The maximum absolute atomic E-state index is 5.53. The zero-order valence-electron chi connectivity index (χ0n) is 9.31. The summed E-state index contributed by atoms with van der Waals surface area (Å²) in [7, 11) is 1.66. The van der Waals surface area contributed by atoms with Crippen LogP contribution in [0.4, 0.5) is 5.13 Å². The van der Waals surface area contributed by atoms with Gasteiger partial charge < -0.3 is 10.5 Å². The number of anilines is 1. The summed E-state index contributed by atoms with van der Waals surface area (Å²) in [4.78, 5) is 0. The van der Waals surface area contributed by atoms with E-state index in [-0.39, 0.29) is 0 Å². The van der Waals surface area contributed by atoms with Crippen molar-refractivity contribution in [1.29, 1.82) is 0 Å². The van der Waals surface area contributed by atoms with Gasteiger partial charge in [-0.15, -0.1) is 10.2 Å². The molecule has 0 saturated carbocycles. The van der Waals surface area contributed by atoms with Gasteiger partial charge in [-0.1, -0.05) is 17.4 Å². The highest BCUT2D eigenvalue weighted by Crippen LogP contribution is 2.26. The van der Waals surface area contributed by atoms with Gasteiger partial charge in [-0.3, -0.25) is 0 Å². The van der Waals surface area contributed by atoms with E-state index in [1.165, 1.54) is 16.9 Å². The Hall–Kier alpha value is -1.14. The lowest BCUT2D eigenvalue weighted by Crippen LogP contribution is -1.92. The SMILES string of the molecule is COc1ccc(CCc2nnc(N)s2)cc1Br. The summed E-state index contributed by atoms with van der Waals surface area (Å²) in [5.41, 5.74) is 6.76. The third-order valence-electron chi connectivity index (χ3n) is 2.33. The number of hydrogen-bond donors (Lipinski definition) is 1. The Bertz CT molecular complexity index is 515. The Morgan fingerprint density at radius 2 is 2.18 bits per heavy atom. The highest BCUT2D eigenvalue weighted by Gasteiger charge is 2.04. The number of ether oxygens (including phenoxy) is 1. The fourth-order valence-electron chi connectivity index (χ4n) is 1.48. The topological polar surface area (TPSA) is 61.0 Å². The van der Waals surface area contributed by atoms with Crippen molar-refractivity contribution in [3.8, 4) is 5.75 Å². The van der Waals surface area contributed by atoms with Crippen molar-refractivity contribution in [3.05, 3.63) is 33.2 Å². The molecule has 2 N–H and O–H groups in total. The Kier molecular flexibility index (Phi) is 3.96. The van der Waals surface area contributed by atoms with Crippen LogP contribution in [0.25, 0.3) is 0 Å². The molecular formula is C11H12BrN3OS. The van der Waals surface area contributed by atoms with Gasteiger partial charge in [0.25, 0.3) is 0 Å². The number of aromatic nitrogens is 2. The lowest BCUT2D eigenvalue weighted by molar-refractivity contribution is 0.412. The largest absolute Gasteiger partial charge is 0.496 e. The molecule has 90 valence electrons. The van der Waals surface area contributed by atoms with Crippen molar-refractivity contribution in [3.63, 3.8) is 0 Å². The molecule has 1 heterocycles. The van der Waals surface area contributed by atoms with Gasteiger partial charge in [0.1, 0.15) is 10.8 Å². The van der Waals surface area contributed by atoms with E-state index >= 15 is 0 Å². The van der Waals surface area contributed by atoms with E-state index in [0.717, 1.165) is 28.1 Å². The van der Waals surface area contributed by atoms with Gasteiger partial charge in [-0.2, -0.15) is 0 Å². The van der Waals surface area contributed by atoms with Crippen LogP contribution in [0.5, 0.6) is 5.75 Å². The summed E-state index contributed by atoms with van der Waals surface area (Å²) in [5.74, 6) is 0.842. The molecule has 0 fully saturated rings. The van der Waals surface area contributed by atoms with E-state index in [2.05, 4.69) is 32.2 Å². The minimum atomic E-state index is 0.524. The van der Waals surface area contributed by atoms with Crippen LogP contribution in [0, 0.1) is 0 Å². The molecule has 1 aromatic carbocycles. The van der Waals surface area contributed by atoms with Crippen molar-refractivity contribution in [2.24, 2.45) is 0 Å². The van der Waals surface area contributed by atoms with Crippen molar-refractivity contribution in [2.75, 3.05) is 12.8 Å². The van der Waals surface area contributed by atoms with Crippen molar-refractivity contribution < 1.29 is 4.74 Å². The Labute approximate surface area is 112 Å². The van der Waals surface area contributed by atoms with E-state index in [9.17, 15) is 0 Å². The first kappa shape index (κ1) is 12.3. The number of rotatable bonds is 4. The van der Waals surface area contributed by atoms with Gasteiger partial charge in [0, 0.05) is 6.42 Å². The summed E-state index contributed by atoms with van der Waals surface area (Å²) < 4.78 is 6.15. The molecule has 0 spiro atoms. The van der Waals surface area contributed by atoms with Gasteiger partial charge in [-0.05, 0) is 40.0 Å². The Morgan fingerprint density at radius 3 is 2.76 bits per heavy atom. The normalized spacial score (nSPS) is 10.5. The second kappa shape index (κ2) is 5.46. The molecule has 0 aliphatic rings. The highest BCUT2D eigenvalue weighted by atomic mass is 79.9. The molecule has 0 aliphatic heterocycles. The van der Waals surface area contributed by atoms with Crippen LogP contribution < -0.4 is 10.5 Å². The molecule has 1 aromatic heterocycles. The molecule has 17 heavy (non-hydrogen) atoms. The van der Waals surface area contributed by atoms with Crippen LogP contribution in [0.1, 0.15) is 10.6 Å². The molecule has 0 atom stereocenters. The molecule has 6 heteroatoms. The van der Waals surface area contributed by atoms with Crippen LogP contribution in [-0.2, 0) is 12.8 Å². The summed E-state index contributed by atoms with van der Waals surface area (Å²) in [6.07, 6.45) is 1.77. The lowest BCUT2D eigenvalue weighted by Gasteiger charge is -2.05. The molecule has 0 unspecified atom stereocenters. The van der Waals surface area contributed by atoms with Gasteiger partial charge in [0.2, 0.25) is 5.13 Å². The average molecular weight is 314 g/mol. The molecule has 0 amide bonds. The summed E-state index contributed by atoms with van der Waals surface area (Å²) in [6.45, 7) is 0. The fourth-order valence-corrected chi connectivity index (χ4v) is 2.68. The quantitative estimate of drug-likeness (QED) is 0.942. The number of hydrogen-bond acceptors (Lipinski definition) is 5. The maximum atomic E-state index is 5.53. The van der Waals surface area contributed by atoms with Gasteiger partial charge in [0.15, 0.2) is 0 Å². The van der Waals surface area contributed by atoms with Crippen molar-refractivity contribution in [2.45, 2.75) is 12.8 Å². The number of aryl methyl sites for hydroxylation is 2. The van der Waals surface area contributed by atoms with Gasteiger partial charge in [-0.25, -0.2) is 0 Å². The highest BCUT2D eigenvalue weighted by molar-refractivity contribution is 9.10. The summed E-state index contributed by atoms with van der Waals surface area (Å²) in [6, 6.07) is 6.06. The first-order valence-electron chi connectivity index (χ1n) is 5.09. The molecule has 0 bridgehead atoms. The van der Waals surface area contributed by atoms with E-state index in [0.29, 0.717) is 5.13 Å². The Balaban J connectivity index is 2.02. The maximum Gasteiger partial charge on any atom is 0.203 e. The van der Waals surface area contributed by atoms with E-state index in [4.69, 9.17) is 10.5 Å². The Morgan fingerprint density at radius 1 is 1.35 bits per heavy atom. The first-order chi connectivity index (χ1) is 8.19. The van der Waals surface area contributed by atoms with E-state index in [1.807, 2.05) is 12.1 Å². The van der Waals surface area contributed by atoms with Crippen molar-refractivity contribution in [1.82, 2.24) is 10.2 Å². The second-order valence-corrected chi connectivity index (χ2v) is 5.45. The number of methoxy groups -OCH3 is 1. The molecule has 2 aromatic rings. The second-order valence-electron chi connectivity index (χ2n) is 3.50. The number of benzene rings is 1. The number of halogens is 1. The van der Waals surface area contributed by atoms with E-state index in [1.54, 1.807) is 7.11 Å². The van der Waals surface area contributed by atoms with E-state index < -0.39 is 0 Å². The smallest absolute Gasteiger partial charge is 0.203 e. The predicted molar refractivity (Wildman–Crippen MR) is 72.4 cm³/mol. The zero-order valence-corrected chi connectivity index (χ0v) is 11.7. The molecule has 0 aliphatic carbocycles. The third-order valence-corrected chi connectivity index (χ3v) is 3.76. The zero-order chi connectivity index (χ0) is 12.3. The molecule has 0 saturated heterocycles. The number of nitrogens with zero attached hydrogens (tertiary/aromatic N) is 2. The molecule has 4 nitrogen and oxygen atoms in total. The summed E-state index contributed by atoms with van der Waals surface area (Å²) >= 11 is 4.91.